The molecule has 22 heavy (non-hydrogen) atoms. The summed E-state index contributed by atoms with van der Waals surface area (Å²) in [6.45, 7) is 7.93. The standard InChI is InChI=1S/C16H23N5O/c1-4-17-8-11-7-13(11)14(22)20-16(2,3)15-19-10-12-9-18-5-6-21(12)15/h5-6,9-11,13,17H,4,7-8H2,1-3H3,(H,20,22)/t11-,13+/m1/s1. The average molecular weight is 301 g/mol. The van der Waals surface area contributed by atoms with Crippen molar-refractivity contribution in [2.24, 2.45) is 11.8 Å². The lowest BCUT2D eigenvalue weighted by atomic mass is 10.0. The minimum Gasteiger partial charge on any atom is -0.344 e. The van der Waals surface area contributed by atoms with Crippen molar-refractivity contribution in [2.75, 3.05) is 13.1 Å². The molecule has 0 bridgehead atoms. The predicted molar refractivity (Wildman–Crippen MR) is 84.3 cm³/mol. The van der Waals surface area contributed by atoms with Crippen LogP contribution >= 0.6 is 0 Å². The number of fused-ring (bicyclic) bond motifs is 1. The largest absolute Gasteiger partial charge is 0.344 e. The molecule has 1 amide bonds. The van der Waals surface area contributed by atoms with Gasteiger partial charge >= 0.3 is 0 Å². The van der Waals surface area contributed by atoms with E-state index in [0.717, 1.165) is 30.9 Å². The first-order valence-electron chi connectivity index (χ1n) is 7.83. The smallest absolute Gasteiger partial charge is 0.224 e. The van der Waals surface area contributed by atoms with Gasteiger partial charge in [0.05, 0.1) is 23.4 Å². The van der Waals surface area contributed by atoms with E-state index in [9.17, 15) is 4.79 Å². The molecule has 0 aliphatic heterocycles. The molecule has 6 heteroatoms. The molecule has 1 fully saturated rings. The maximum atomic E-state index is 12.4. The second-order valence-electron chi connectivity index (χ2n) is 6.48. The van der Waals surface area contributed by atoms with Gasteiger partial charge in [0, 0.05) is 18.3 Å². The number of hydrogen-bond donors (Lipinski definition) is 2. The number of nitrogens with one attached hydrogen (secondary N) is 2. The van der Waals surface area contributed by atoms with Gasteiger partial charge < -0.3 is 10.6 Å². The molecule has 2 aromatic rings. The van der Waals surface area contributed by atoms with E-state index >= 15 is 0 Å². The van der Waals surface area contributed by atoms with E-state index in [1.54, 1.807) is 18.6 Å². The lowest BCUT2D eigenvalue weighted by Crippen LogP contribution is -2.43. The highest BCUT2D eigenvalue weighted by atomic mass is 16.2. The Kier molecular flexibility index (Phi) is 3.87. The van der Waals surface area contributed by atoms with Crippen molar-refractivity contribution in [3.8, 4) is 0 Å². The molecule has 118 valence electrons. The van der Waals surface area contributed by atoms with Crippen LogP contribution < -0.4 is 10.6 Å². The van der Waals surface area contributed by atoms with Gasteiger partial charge in [0.1, 0.15) is 5.82 Å². The molecular formula is C16H23N5O. The van der Waals surface area contributed by atoms with Crippen molar-refractivity contribution in [3.05, 3.63) is 30.6 Å². The van der Waals surface area contributed by atoms with Crippen LogP contribution in [0.3, 0.4) is 0 Å². The monoisotopic (exact) mass is 301 g/mol. The van der Waals surface area contributed by atoms with Gasteiger partial charge in [-0.25, -0.2) is 4.98 Å². The van der Waals surface area contributed by atoms with Crippen LogP contribution in [0.25, 0.3) is 5.52 Å². The maximum Gasteiger partial charge on any atom is 0.224 e. The Hall–Kier alpha value is -1.95. The SMILES string of the molecule is CCNC[C@H]1C[C@@H]1C(=O)NC(C)(C)c1ncc2cnccn12. The topological polar surface area (TPSA) is 71.3 Å². The summed E-state index contributed by atoms with van der Waals surface area (Å²) in [5.74, 6) is 1.55. The molecule has 1 aliphatic carbocycles. The van der Waals surface area contributed by atoms with E-state index in [0.29, 0.717) is 5.92 Å². The predicted octanol–water partition coefficient (Wildman–Crippen LogP) is 1.33. The van der Waals surface area contributed by atoms with Crippen molar-refractivity contribution in [2.45, 2.75) is 32.7 Å². The number of amides is 1. The number of imidazole rings is 1. The fourth-order valence-corrected chi connectivity index (χ4v) is 2.89. The van der Waals surface area contributed by atoms with Gasteiger partial charge in [-0.05, 0) is 39.3 Å². The molecule has 2 N–H and O–H groups in total. The van der Waals surface area contributed by atoms with Crippen LogP contribution in [0.5, 0.6) is 0 Å². The van der Waals surface area contributed by atoms with E-state index in [-0.39, 0.29) is 11.8 Å². The summed E-state index contributed by atoms with van der Waals surface area (Å²) >= 11 is 0. The van der Waals surface area contributed by atoms with E-state index < -0.39 is 5.54 Å². The summed E-state index contributed by atoms with van der Waals surface area (Å²) in [5.41, 5.74) is 0.409. The van der Waals surface area contributed by atoms with Crippen LogP contribution in [0.15, 0.2) is 24.8 Å². The number of hydrogen-bond acceptors (Lipinski definition) is 4. The summed E-state index contributed by atoms with van der Waals surface area (Å²) in [6, 6.07) is 0. The van der Waals surface area contributed by atoms with Gasteiger partial charge in [0.15, 0.2) is 0 Å². The second kappa shape index (κ2) is 5.68. The zero-order valence-corrected chi connectivity index (χ0v) is 13.3. The Morgan fingerprint density at radius 2 is 2.27 bits per heavy atom. The fraction of sp³-hybridized carbons (Fsp3) is 0.562. The van der Waals surface area contributed by atoms with Gasteiger partial charge in [0.25, 0.3) is 0 Å². The van der Waals surface area contributed by atoms with Crippen LogP contribution in [0.4, 0.5) is 0 Å². The summed E-state index contributed by atoms with van der Waals surface area (Å²) in [5, 5.41) is 6.45. The number of aromatic nitrogens is 3. The van der Waals surface area contributed by atoms with Crippen LogP contribution in [0, 0.1) is 11.8 Å². The molecule has 1 aliphatic rings. The summed E-state index contributed by atoms with van der Waals surface area (Å²) in [7, 11) is 0. The van der Waals surface area contributed by atoms with E-state index in [4.69, 9.17) is 0 Å². The van der Waals surface area contributed by atoms with Crippen LogP contribution in [-0.4, -0.2) is 33.4 Å². The first-order chi connectivity index (χ1) is 10.5. The Morgan fingerprint density at radius 1 is 1.45 bits per heavy atom. The van der Waals surface area contributed by atoms with Gasteiger partial charge in [-0.2, -0.15) is 0 Å². The third-order valence-electron chi connectivity index (χ3n) is 4.24. The molecule has 0 saturated heterocycles. The Morgan fingerprint density at radius 3 is 3.05 bits per heavy atom. The highest BCUT2D eigenvalue weighted by molar-refractivity contribution is 5.82. The van der Waals surface area contributed by atoms with Crippen LogP contribution in [0.2, 0.25) is 0 Å². The third kappa shape index (κ3) is 2.83. The summed E-state index contributed by atoms with van der Waals surface area (Å²) in [4.78, 5) is 21.0. The van der Waals surface area contributed by atoms with Crippen molar-refractivity contribution in [3.63, 3.8) is 0 Å². The van der Waals surface area contributed by atoms with Gasteiger partial charge in [-0.1, -0.05) is 6.92 Å². The Bertz CT molecular complexity index is 678. The van der Waals surface area contributed by atoms with Crippen LogP contribution in [0.1, 0.15) is 33.0 Å². The highest BCUT2D eigenvalue weighted by Gasteiger charge is 2.44. The van der Waals surface area contributed by atoms with Crippen molar-refractivity contribution in [1.82, 2.24) is 25.0 Å². The molecule has 2 heterocycles. The number of rotatable bonds is 6. The van der Waals surface area contributed by atoms with Crippen LogP contribution in [-0.2, 0) is 10.3 Å². The molecule has 1 saturated carbocycles. The lowest BCUT2D eigenvalue weighted by Gasteiger charge is -2.25. The van der Waals surface area contributed by atoms with E-state index in [2.05, 4.69) is 27.5 Å². The number of nitrogens with zero attached hydrogens (tertiary/aromatic N) is 3. The maximum absolute atomic E-state index is 12.4. The lowest BCUT2D eigenvalue weighted by molar-refractivity contribution is -0.124. The molecule has 0 radical (unpaired) electrons. The molecule has 6 nitrogen and oxygen atoms in total. The minimum atomic E-state index is -0.518. The second-order valence-corrected chi connectivity index (χ2v) is 6.48. The zero-order valence-electron chi connectivity index (χ0n) is 13.3. The summed E-state index contributed by atoms with van der Waals surface area (Å²) in [6.07, 6.45) is 8.12. The highest BCUT2D eigenvalue weighted by Crippen LogP contribution is 2.38. The van der Waals surface area contributed by atoms with Gasteiger partial charge in [-0.3, -0.25) is 14.2 Å². The molecule has 0 unspecified atom stereocenters. The molecule has 0 aromatic carbocycles. The Labute approximate surface area is 130 Å². The van der Waals surface area contributed by atoms with Gasteiger partial charge in [0.2, 0.25) is 5.91 Å². The molecule has 0 spiro atoms. The quantitative estimate of drug-likeness (QED) is 0.844. The molecule has 2 aromatic heterocycles. The molecule has 3 rings (SSSR count). The number of carbonyl (C=O) groups is 1. The fourth-order valence-electron chi connectivity index (χ4n) is 2.89. The Balaban J connectivity index is 1.70. The molecule has 2 atom stereocenters. The minimum absolute atomic E-state index is 0.124. The van der Waals surface area contributed by atoms with Crippen molar-refractivity contribution in [1.29, 1.82) is 0 Å². The van der Waals surface area contributed by atoms with Gasteiger partial charge in [-0.15, -0.1) is 0 Å². The zero-order chi connectivity index (χ0) is 15.7. The average Bonchev–Trinajstić information content (AvgIpc) is 3.13. The first-order valence-corrected chi connectivity index (χ1v) is 7.83. The van der Waals surface area contributed by atoms with E-state index in [1.807, 2.05) is 24.4 Å². The van der Waals surface area contributed by atoms with Crippen molar-refractivity contribution >= 4 is 11.4 Å². The van der Waals surface area contributed by atoms with Crippen molar-refractivity contribution < 1.29 is 4.79 Å². The number of carbonyl (C=O) groups excluding carboxylic acids is 1. The normalized spacial score (nSPS) is 21.0. The first kappa shape index (κ1) is 15.0. The molecular weight excluding hydrogens is 278 g/mol. The third-order valence-corrected chi connectivity index (χ3v) is 4.24. The van der Waals surface area contributed by atoms with E-state index in [1.165, 1.54) is 0 Å². The summed E-state index contributed by atoms with van der Waals surface area (Å²) < 4.78 is 1.97.